The van der Waals surface area contributed by atoms with E-state index in [0.717, 1.165) is 0 Å². The van der Waals surface area contributed by atoms with E-state index in [1.165, 1.54) is 6.08 Å². The minimum Gasteiger partial charge on any atom is -0.396 e. The van der Waals surface area contributed by atoms with Crippen molar-refractivity contribution < 1.29 is 15.0 Å². The molecule has 0 saturated heterocycles. The molecule has 0 radical (unpaired) electrons. The maximum absolute atomic E-state index is 9.91. The molecule has 0 rings (SSSR count). The normalized spacial score (nSPS) is 15.9. The van der Waals surface area contributed by atoms with Gasteiger partial charge >= 0.3 is 0 Å². The summed E-state index contributed by atoms with van der Waals surface area (Å²) in [6, 6.07) is 0. The fourth-order valence-corrected chi connectivity index (χ4v) is 1.19. The standard InChI is InChI=1S/C10H18O3/c1-9(5-7-12)8-10(13)4-2-3-6-11/h2-3,6,9-10,12-13H,4-5,7-8H2,1H3/b3-2+/t9-,10-/m0/s1. The molecule has 0 aromatic carbocycles. The van der Waals surface area contributed by atoms with E-state index in [1.54, 1.807) is 6.08 Å². The van der Waals surface area contributed by atoms with Crippen molar-refractivity contribution in [2.45, 2.75) is 32.3 Å². The highest BCUT2D eigenvalue weighted by Gasteiger charge is 2.07. The topological polar surface area (TPSA) is 57.5 Å². The molecular weight excluding hydrogens is 168 g/mol. The Kier molecular flexibility index (Phi) is 7.54. The Labute approximate surface area is 79.1 Å². The lowest BCUT2D eigenvalue weighted by molar-refractivity contribution is -0.104. The van der Waals surface area contributed by atoms with Gasteiger partial charge in [-0.3, -0.25) is 4.79 Å². The van der Waals surface area contributed by atoms with Crippen molar-refractivity contribution in [2.75, 3.05) is 6.61 Å². The van der Waals surface area contributed by atoms with Crippen LogP contribution in [0.25, 0.3) is 0 Å². The number of carbonyl (C=O) groups is 1. The predicted molar refractivity (Wildman–Crippen MR) is 51.3 cm³/mol. The summed E-state index contributed by atoms with van der Waals surface area (Å²) in [6.07, 6.45) is 5.23. The van der Waals surface area contributed by atoms with Crippen molar-refractivity contribution in [1.82, 2.24) is 0 Å². The minimum absolute atomic E-state index is 0.165. The first-order chi connectivity index (χ1) is 6.20. The van der Waals surface area contributed by atoms with Crippen LogP contribution in [-0.2, 0) is 4.79 Å². The van der Waals surface area contributed by atoms with Gasteiger partial charge in [0.05, 0.1) is 6.10 Å². The third kappa shape index (κ3) is 7.68. The van der Waals surface area contributed by atoms with Gasteiger partial charge in [-0.1, -0.05) is 13.0 Å². The van der Waals surface area contributed by atoms with E-state index in [1.807, 2.05) is 6.92 Å². The number of hydrogen-bond acceptors (Lipinski definition) is 3. The molecule has 0 aliphatic carbocycles. The zero-order chi connectivity index (χ0) is 10.1. The molecule has 0 aromatic rings. The van der Waals surface area contributed by atoms with Crippen LogP contribution in [0, 0.1) is 5.92 Å². The number of aliphatic hydroxyl groups is 2. The average molecular weight is 186 g/mol. The number of allylic oxidation sites excluding steroid dienone is 1. The highest BCUT2D eigenvalue weighted by molar-refractivity contribution is 5.64. The molecule has 0 amide bonds. The van der Waals surface area contributed by atoms with E-state index >= 15 is 0 Å². The lowest BCUT2D eigenvalue weighted by Crippen LogP contribution is -2.11. The Morgan fingerprint density at radius 1 is 1.46 bits per heavy atom. The van der Waals surface area contributed by atoms with Crippen LogP contribution in [0.3, 0.4) is 0 Å². The molecule has 76 valence electrons. The fraction of sp³-hybridized carbons (Fsp3) is 0.700. The van der Waals surface area contributed by atoms with Gasteiger partial charge in [0.15, 0.2) is 0 Å². The summed E-state index contributed by atoms with van der Waals surface area (Å²) in [5.41, 5.74) is 0. The summed E-state index contributed by atoms with van der Waals surface area (Å²) in [5, 5.41) is 18.0. The number of aliphatic hydroxyl groups excluding tert-OH is 2. The molecule has 13 heavy (non-hydrogen) atoms. The van der Waals surface area contributed by atoms with Gasteiger partial charge in [-0.2, -0.15) is 0 Å². The van der Waals surface area contributed by atoms with Crippen LogP contribution < -0.4 is 0 Å². The van der Waals surface area contributed by atoms with Crippen LogP contribution in [0.15, 0.2) is 12.2 Å². The zero-order valence-electron chi connectivity index (χ0n) is 8.02. The monoisotopic (exact) mass is 186 g/mol. The highest BCUT2D eigenvalue weighted by atomic mass is 16.3. The summed E-state index contributed by atoms with van der Waals surface area (Å²) in [5.74, 6) is 0.324. The summed E-state index contributed by atoms with van der Waals surface area (Å²) < 4.78 is 0. The Morgan fingerprint density at radius 2 is 2.15 bits per heavy atom. The SMILES string of the molecule is C[C@@H](CCO)C[C@@H](O)C/C=C/C=O. The van der Waals surface area contributed by atoms with Crippen LogP contribution in [0.1, 0.15) is 26.2 Å². The van der Waals surface area contributed by atoms with E-state index in [0.29, 0.717) is 31.5 Å². The van der Waals surface area contributed by atoms with Crippen molar-refractivity contribution in [3.05, 3.63) is 12.2 Å². The van der Waals surface area contributed by atoms with E-state index in [2.05, 4.69) is 0 Å². The number of carbonyl (C=O) groups excluding carboxylic acids is 1. The van der Waals surface area contributed by atoms with Crippen molar-refractivity contribution in [2.24, 2.45) is 5.92 Å². The quantitative estimate of drug-likeness (QED) is 0.459. The maximum atomic E-state index is 9.91. The molecule has 3 heteroatoms. The van der Waals surface area contributed by atoms with Crippen LogP contribution in [0.2, 0.25) is 0 Å². The van der Waals surface area contributed by atoms with Gasteiger partial charge in [-0.25, -0.2) is 0 Å². The van der Waals surface area contributed by atoms with Crippen LogP contribution in [-0.4, -0.2) is 29.2 Å². The molecule has 0 fully saturated rings. The largest absolute Gasteiger partial charge is 0.396 e. The lowest BCUT2D eigenvalue weighted by Gasteiger charge is -2.13. The van der Waals surface area contributed by atoms with Gasteiger partial charge < -0.3 is 10.2 Å². The van der Waals surface area contributed by atoms with Crippen LogP contribution in [0.4, 0.5) is 0 Å². The average Bonchev–Trinajstić information content (AvgIpc) is 2.05. The molecule has 0 aliphatic rings. The molecule has 2 N–H and O–H groups in total. The number of rotatable bonds is 7. The molecular formula is C10H18O3. The Bertz CT molecular complexity index is 154. The summed E-state index contributed by atoms with van der Waals surface area (Å²) in [6.45, 7) is 2.15. The van der Waals surface area contributed by atoms with Crippen LogP contribution in [0.5, 0.6) is 0 Å². The van der Waals surface area contributed by atoms with Gasteiger partial charge in [-0.15, -0.1) is 0 Å². The second kappa shape index (κ2) is 7.95. The smallest absolute Gasteiger partial charge is 0.142 e. The maximum Gasteiger partial charge on any atom is 0.142 e. The molecule has 2 atom stereocenters. The molecule has 0 aromatic heterocycles. The first-order valence-electron chi connectivity index (χ1n) is 4.60. The predicted octanol–water partition coefficient (Wildman–Crippen LogP) is 0.901. The summed E-state index contributed by atoms with van der Waals surface area (Å²) >= 11 is 0. The van der Waals surface area contributed by atoms with E-state index < -0.39 is 6.10 Å². The molecule has 3 nitrogen and oxygen atoms in total. The Hall–Kier alpha value is -0.670. The minimum atomic E-state index is -0.405. The van der Waals surface area contributed by atoms with Gasteiger partial charge in [0.25, 0.3) is 0 Å². The zero-order valence-corrected chi connectivity index (χ0v) is 8.02. The van der Waals surface area contributed by atoms with Crippen LogP contribution >= 0.6 is 0 Å². The fourth-order valence-electron chi connectivity index (χ4n) is 1.19. The third-order valence-corrected chi connectivity index (χ3v) is 1.92. The Morgan fingerprint density at radius 3 is 2.69 bits per heavy atom. The molecule has 0 spiro atoms. The van der Waals surface area contributed by atoms with Crippen molar-refractivity contribution in [3.8, 4) is 0 Å². The summed E-state index contributed by atoms with van der Waals surface area (Å²) in [7, 11) is 0. The third-order valence-electron chi connectivity index (χ3n) is 1.92. The number of aldehydes is 1. The second-order valence-electron chi connectivity index (χ2n) is 3.31. The molecule has 0 heterocycles. The van der Waals surface area contributed by atoms with Crippen molar-refractivity contribution in [1.29, 1.82) is 0 Å². The van der Waals surface area contributed by atoms with E-state index in [9.17, 15) is 9.90 Å². The molecule has 0 saturated carbocycles. The molecule has 0 aliphatic heterocycles. The first-order valence-corrected chi connectivity index (χ1v) is 4.60. The van der Waals surface area contributed by atoms with Gasteiger partial charge in [0.2, 0.25) is 0 Å². The first kappa shape index (κ1) is 12.3. The van der Waals surface area contributed by atoms with E-state index in [4.69, 9.17) is 5.11 Å². The van der Waals surface area contributed by atoms with Gasteiger partial charge in [0, 0.05) is 6.61 Å². The van der Waals surface area contributed by atoms with Crippen molar-refractivity contribution in [3.63, 3.8) is 0 Å². The lowest BCUT2D eigenvalue weighted by atomic mass is 9.99. The molecule has 0 bridgehead atoms. The number of hydrogen-bond donors (Lipinski definition) is 2. The molecule has 0 unspecified atom stereocenters. The summed E-state index contributed by atoms with van der Waals surface area (Å²) in [4.78, 5) is 9.91. The highest BCUT2D eigenvalue weighted by Crippen LogP contribution is 2.12. The van der Waals surface area contributed by atoms with E-state index in [-0.39, 0.29) is 6.61 Å². The Balaban J connectivity index is 3.54. The second-order valence-corrected chi connectivity index (χ2v) is 3.31. The van der Waals surface area contributed by atoms with Gasteiger partial charge in [0.1, 0.15) is 6.29 Å². The van der Waals surface area contributed by atoms with Gasteiger partial charge in [-0.05, 0) is 31.3 Å². The van der Waals surface area contributed by atoms with Crippen molar-refractivity contribution >= 4 is 6.29 Å².